The molecule has 0 rings (SSSR count). The van der Waals surface area contributed by atoms with Crippen LogP contribution in [0.2, 0.25) is 0 Å². The number of likely N-dealkylation sites (N-methyl/N-ethyl adjacent to an activating group) is 1. The van der Waals surface area contributed by atoms with Crippen LogP contribution >= 0.6 is 24.0 Å². The second-order valence-electron chi connectivity index (χ2n) is 6.40. The maximum Gasteiger partial charge on any atom is 0.243 e. The molecule has 0 heterocycles. The van der Waals surface area contributed by atoms with E-state index >= 15 is 0 Å². The van der Waals surface area contributed by atoms with Crippen molar-refractivity contribution in [1.82, 2.24) is 15.5 Å². The van der Waals surface area contributed by atoms with Crippen LogP contribution in [-0.4, -0.2) is 64.2 Å². The Kier molecular flexibility index (Phi) is 18.5. The predicted octanol–water partition coefficient (Wildman–Crippen LogP) is 2.48. The lowest BCUT2D eigenvalue weighted by Gasteiger charge is -2.13. The molecule has 0 saturated carbocycles. The normalized spacial score (nSPS) is 11.2. The topological polar surface area (TPSA) is 66.0 Å². The van der Waals surface area contributed by atoms with Crippen molar-refractivity contribution < 1.29 is 9.53 Å². The molecular formula is C17H37IN4O2. The highest BCUT2D eigenvalue weighted by molar-refractivity contribution is 14.0. The van der Waals surface area contributed by atoms with Gasteiger partial charge in [-0.05, 0) is 12.3 Å². The fourth-order valence-corrected chi connectivity index (χ4v) is 1.97. The zero-order valence-electron chi connectivity index (χ0n) is 16.1. The molecule has 0 aliphatic rings. The van der Waals surface area contributed by atoms with Gasteiger partial charge >= 0.3 is 0 Å². The van der Waals surface area contributed by atoms with Crippen molar-refractivity contribution in [2.24, 2.45) is 10.9 Å². The summed E-state index contributed by atoms with van der Waals surface area (Å²) in [7, 11) is 5.14. The number of methoxy groups -OCH3 is 1. The number of nitrogens with one attached hydrogen (secondary N) is 2. The Hall–Kier alpha value is -0.570. The lowest BCUT2D eigenvalue weighted by atomic mass is 10.0. The predicted molar refractivity (Wildman–Crippen MR) is 112 cm³/mol. The van der Waals surface area contributed by atoms with E-state index in [4.69, 9.17) is 4.74 Å². The standard InChI is InChI=1S/C17H36N4O2.HI/c1-15(2)10-8-6-7-9-11-18-17(19-12-13-23-5)20-14-16(22)21(3)4;/h15H,6-14H2,1-5H3,(H2,18,19,20);1H. The van der Waals surface area contributed by atoms with Crippen molar-refractivity contribution in [2.75, 3.05) is 47.4 Å². The van der Waals surface area contributed by atoms with Crippen molar-refractivity contribution in [3.8, 4) is 0 Å². The van der Waals surface area contributed by atoms with Gasteiger partial charge in [0.25, 0.3) is 0 Å². The van der Waals surface area contributed by atoms with Gasteiger partial charge in [0.15, 0.2) is 5.96 Å². The van der Waals surface area contributed by atoms with Crippen LogP contribution in [0.5, 0.6) is 0 Å². The summed E-state index contributed by atoms with van der Waals surface area (Å²) >= 11 is 0. The maximum atomic E-state index is 11.6. The summed E-state index contributed by atoms with van der Waals surface area (Å²) in [5.74, 6) is 1.47. The molecule has 1 amide bonds. The molecule has 7 heteroatoms. The number of carbonyl (C=O) groups excluding carboxylic acids is 1. The van der Waals surface area contributed by atoms with Crippen LogP contribution in [-0.2, 0) is 9.53 Å². The smallest absolute Gasteiger partial charge is 0.243 e. The van der Waals surface area contributed by atoms with Gasteiger partial charge in [-0.1, -0.05) is 39.5 Å². The zero-order chi connectivity index (χ0) is 17.5. The van der Waals surface area contributed by atoms with Gasteiger partial charge in [-0.25, -0.2) is 4.99 Å². The minimum absolute atomic E-state index is 0. The Morgan fingerprint density at radius 3 is 2.29 bits per heavy atom. The number of hydrogen-bond acceptors (Lipinski definition) is 3. The lowest BCUT2D eigenvalue weighted by Crippen LogP contribution is -2.40. The van der Waals surface area contributed by atoms with Crippen LogP contribution in [0.1, 0.15) is 46.0 Å². The summed E-state index contributed by atoms with van der Waals surface area (Å²) in [4.78, 5) is 17.5. The van der Waals surface area contributed by atoms with Gasteiger partial charge in [0.1, 0.15) is 6.54 Å². The van der Waals surface area contributed by atoms with Gasteiger partial charge in [-0.15, -0.1) is 24.0 Å². The number of aliphatic imine (C=N–C) groups is 1. The third-order valence-electron chi connectivity index (χ3n) is 3.47. The molecule has 0 aromatic heterocycles. The molecule has 2 N–H and O–H groups in total. The third-order valence-corrected chi connectivity index (χ3v) is 3.47. The first kappa shape index (κ1) is 25.7. The van der Waals surface area contributed by atoms with Crippen LogP contribution in [0.25, 0.3) is 0 Å². The number of ether oxygens (including phenoxy) is 1. The maximum absolute atomic E-state index is 11.6. The number of carbonyl (C=O) groups is 1. The Labute approximate surface area is 165 Å². The first-order chi connectivity index (χ1) is 11.0. The van der Waals surface area contributed by atoms with E-state index in [0.717, 1.165) is 18.9 Å². The zero-order valence-corrected chi connectivity index (χ0v) is 18.4. The lowest BCUT2D eigenvalue weighted by molar-refractivity contribution is -0.127. The molecule has 0 fully saturated rings. The number of hydrogen-bond donors (Lipinski definition) is 2. The monoisotopic (exact) mass is 456 g/mol. The molecule has 0 atom stereocenters. The van der Waals surface area contributed by atoms with E-state index in [1.165, 1.54) is 25.7 Å². The molecule has 0 aromatic rings. The molecule has 24 heavy (non-hydrogen) atoms. The first-order valence-corrected chi connectivity index (χ1v) is 8.68. The van der Waals surface area contributed by atoms with Crippen molar-refractivity contribution in [1.29, 1.82) is 0 Å². The highest BCUT2D eigenvalue weighted by atomic mass is 127. The van der Waals surface area contributed by atoms with Crippen LogP contribution in [0.4, 0.5) is 0 Å². The molecule has 0 aliphatic carbocycles. The second-order valence-corrected chi connectivity index (χ2v) is 6.40. The number of guanidine groups is 1. The Morgan fingerprint density at radius 2 is 1.71 bits per heavy atom. The summed E-state index contributed by atoms with van der Waals surface area (Å²) < 4.78 is 5.02. The van der Waals surface area contributed by atoms with Crippen LogP contribution in [0, 0.1) is 5.92 Å². The van der Waals surface area contributed by atoms with Crippen LogP contribution in [0.3, 0.4) is 0 Å². The first-order valence-electron chi connectivity index (χ1n) is 8.68. The average Bonchev–Trinajstić information content (AvgIpc) is 2.50. The minimum Gasteiger partial charge on any atom is -0.383 e. The summed E-state index contributed by atoms with van der Waals surface area (Å²) in [5, 5.41) is 6.46. The Morgan fingerprint density at radius 1 is 1.08 bits per heavy atom. The molecule has 144 valence electrons. The van der Waals surface area contributed by atoms with E-state index in [0.29, 0.717) is 19.1 Å². The summed E-state index contributed by atoms with van der Waals surface area (Å²) in [6.45, 7) is 6.85. The van der Waals surface area contributed by atoms with Crippen molar-refractivity contribution in [3.63, 3.8) is 0 Å². The number of nitrogens with zero attached hydrogens (tertiary/aromatic N) is 2. The summed E-state index contributed by atoms with van der Waals surface area (Å²) in [5.41, 5.74) is 0. The SMILES string of the molecule is COCCNC(=NCC(=O)N(C)C)NCCCCCCC(C)C.I. The number of amides is 1. The van der Waals surface area contributed by atoms with E-state index in [1.54, 1.807) is 26.1 Å². The van der Waals surface area contributed by atoms with Crippen molar-refractivity contribution >= 4 is 35.8 Å². The molecular weight excluding hydrogens is 419 g/mol. The summed E-state index contributed by atoms with van der Waals surface area (Å²) in [6, 6.07) is 0. The highest BCUT2D eigenvalue weighted by Crippen LogP contribution is 2.08. The fraction of sp³-hybridized carbons (Fsp3) is 0.882. The average molecular weight is 456 g/mol. The third kappa shape index (κ3) is 16.3. The van der Waals surface area contributed by atoms with E-state index < -0.39 is 0 Å². The number of unbranched alkanes of at least 4 members (excludes halogenated alkanes) is 3. The van der Waals surface area contributed by atoms with E-state index in [9.17, 15) is 4.79 Å². The minimum atomic E-state index is -0.00785. The Bertz CT molecular complexity index is 337. The fourth-order valence-electron chi connectivity index (χ4n) is 1.97. The van der Waals surface area contributed by atoms with E-state index in [-0.39, 0.29) is 36.4 Å². The van der Waals surface area contributed by atoms with E-state index in [2.05, 4.69) is 29.5 Å². The molecule has 0 spiro atoms. The van der Waals surface area contributed by atoms with E-state index in [1.807, 2.05) is 0 Å². The van der Waals surface area contributed by atoms with Gasteiger partial charge < -0.3 is 20.3 Å². The van der Waals surface area contributed by atoms with Crippen molar-refractivity contribution in [3.05, 3.63) is 0 Å². The van der Waals surface area contributed by atoms with Crippen molar-refractivity contribution in [2.45, 2.75) is 46.0 Å². The van der Waals surface area contributed by atoms with Gasteiger partial charge in [0, 0.05) is 34.3 Å². The molecule has 0 aliphatic heterocycles. The summed E-state index contributed by atoms with van der Waals surface area (Å²) in [6.07, 6.45) is 6.24. The van der Waals surface area contributed by atoms with Gasteiger partial charge in [-0.2, -0.15) is 0 Å². The quantitative estimate of drug-likeness (QED) is 0.205. The largest absolute Gasteiger partial charge is 0.383 e. The molecule has 0 saturated heterocycles. The second kappa shape index (κ2) is 17.3. The molecule has 6 nitrogen and oxygen atoms in total. The molecule has 0 unspecified atom stereocenters. The van der Waals surface area contributed by atoms with Gasteiger partial charge in [-0.3, -0.25) is 4.79 Å². The van der Waals surface area contributed by atoms with Gasteiger partial charge in [0.05, 0.1) is 6.61 Å². The molecule has 0 aromatic carbocycles. The molecule has 0 bridgehead atoms. The highest BCUT2D eigenvalue weighted by Gasteiger charge is 2.04. The molecule has 0 radical (unpaired) electrons. The Balaban J connectivity index is 0. The number of rotatable bonds is 12. The van der Waals surface area contributed by atoms with Crippen LogP contribution < -0.4 is 10.6 Å². The van der Waals surface area contributed by atoms with Gasteiger partial charge in [0.2, 0.25) is 5.91 Å². The number of halogens is 1. The van der Waals surface area contributed by atoms with Crippen LogP contribution in [0.15, 0.2) is 4.99 Å².